The number of hydrogen-bond acceptors (Lipinski definition) is 2. The fraction of sp³-hybridized carbons (Fsp3) is 0.227. The molecule has 4 heteroatoms. The molecule has 26 heavy (non-hydrogen) atoms. The number of nitrogens with one attached hydrogen (secondary N) is 1. The third-order valence-electron chi connectivity index (χ3n) is 5.03. The van der Waals surface area contributed by atoms with Crippen LogP contribution in [0.3, 0.4) is 0 Å². The molecule has 0 saturated carbocycles. The van der Waals surface area contributed by atoms with E-state index in [9.17, 15) is 0 Å². The van der Waals surface area contributed by atoms with E-state index in [4.69, 9.17) is 16.7 Å². The molecule has 0 spiro atoms. The van der Waals surface area contributed by atoms with Crippen LogP contribution in [0.1, 0.15) is 11.1 Å². The monoisotopic (exact) mass is 364 g/mol. The minimum atomic E-state index is 0.872. The van der Waals surface area contributed by atoms with Gasteiger partial charge in [0.05, 0.1) is 32.4 Å². The van der Waals surface area contributed by atoms with Gasteiger partial charge in [0.2, 0.25) is 0 Å². The SMILES string of the molecule is Clc1ccccc1C[NH+]1CCN(/N=C\c2cccc3ccccc23)CC1. The molecule has 3 nitrogen and oxygen atoms in total. The molecule has 0 amide bonds. The van der Waals surface area contributed by atoms with E-state index in [0.717, 1.165) is 37.7 Å². The molecule has 0 aliphatic carbocycles. The molecule has 1 aliphatic rings. The van der Waals surface area contributed by atoms with Gasteiger partial charge in [0.25, 0.3) is 0 Å². The van der Waals surface area contributed by atoms with Gasteiger partial charge in [-0.1, -0.05) is 72.3 Å². The van der Waals surface area contributed by atoms with Crippen LogP contribution in [0, 0.1) is 0 Å². The predicted octanol–water partition coefficient (Wildman–Crippen LogP) is 3.23. The lowest BCUT2D eigenvalue weighted by atomic mass is 10.1. The average molecular weight is 365 g/mol. The Morgan fingerprint density at radius 3 is 2.50 bits per heavy atom. The van der Waals surface area contributed by atoms with Crippen molar-refractivity contribution in [2.24, 2.45) is 5.10 Å². The number of hydrogen-bond donors (Lipinski definition) is 1. The summed E-state index contributed by atoms with van der Waals surface area (Å²) in [7, 11) is 0. The van der Waals surface area contributed by atoms with E-state index in [-0.39, 0.29) is 0 Å². The van der Waals surface area contributed by atoms with Crippen molar-refractivity contribution in [3.05, 3.63) is 82.9 Å². The molecule has 3 aromatic rings. The van der Waals surface area contributed by atoms with Crippen molar-refractivity contribution < 1.29 is 4.90 Å². The van der Waals surface area contributed by atoms with Gasteiger partial charge >= 0.3 is 0 Å². The highest BCUT2D eigenvalue weighted by molar-refractivity contribution is 6.31. The molecule has 0 unspecified atom stereocenters. The highest BCUT2D eigenvalue weighted by atomic mass is 35.5. The number of quaternary nitrogens is 1. The molecular formula is C22H23ClN3+. The third kappa shape index (κ3) is 3.90. The van der Waals surface area contributed by atoms with Crippen LogP contribution in [0.15, 0.2) is 71.8 Å². The van der Waals surface area contributed by atoms with E-state index in [2.05, 4.69) is 59.6 Å². The van der Waals surface area contributed by atoms with Gasteiger partial charge in [-0.2, -0.15) is 5.10 Å². The number of fused-ring (bicyclic) bond motifs is 1. The first-order valence-corrected chi connectivity index (χ1v) is 9.51. The van der Waals surface area contributed by atoms with Gasteiger partial charge in [0.1, 0.15) is 6.54 Å². The van der Waals surface area contributed by atoms with Crippen LogP contribution in [0.4, 0.5) is 0 Å². The highest BCUT2D eigenvalue weighted by Crippen LogP contribution is 2.17. The van der Waals surface area contributed by atoms with E-state index < -0.39 is 0 Å². The minimum absolute atomic E-state index is 0.872. The molecule has 0 bridgehead atoms. The van der Waals surface area contributed by atoms with Crippen molar-refractivity contribution in [3.63, 3.8) is 0 Å². The lowest BCUT2D eigenvalue weighted by Gasteiger charge is -2.30. The predicted molar refractivity (Wildman–Crippen MR) is 109 cm³/mol. The standard InChI is InChI=1S/C22H22ClN3/c23-22-11-4-2-7-20(22)17-25-12-14-26(15-13-25)24-16-19-9-5-8-18-6-1-3-10-21(18)19/h1-11,16H,12-15,17H2/p+1/b24-16-. The number of piperazine rings is 1. The van der Waals surface area contributed by atoms with E-state index in [1.807, 2.05) is 18.3 Å². The summed E-state index contributed by atoms with van der Waals surface area (Å²) in [6.45, 7) is 5.10. The van der Waals surface area contributed by atoms with Crippen LogP contribution < -0.4 is 4.90 Å². The Morgan fingerprint density at radius 2 is 1.65 bits per heavy atom. The Kier molecular flexibility index (Phi) is 5.19. The Morgan fingerprint density at radius 1 is 0.923 bits per heavy atom. The second-order valence-corrected chi connectivity index (χ2v) is 7.19. The summed E-state index contributed by atoms with van der Waals surface area (Å²) in [6, 6.07) is 23.0. The number of hydrazone groups is 1. The maximum Gasteiger partial charge on any atom is 0.104 e. The molecular weight excluding hydrogens is 342 g/mol. The van der Waals surface area contributed by atoms with Gasteiger partial charge in [0, 0.05) is 16.1 Å². The van der Waals surface area contributed by atoms with Gasteiger partial charge in [-0.05, 0) is 16.8 Å². The Bertz CT molecular complexity index is 909. The first-order chi connectivity index (χ1) is 12.8. The number of benzene rings is 3. The zero-order chi connectivity index (χ0) is 17.8. The molecule has 0 atom stereocenters. The molecule has 1 aliphatic heterocycles. The second-order valence-electron chi connectivity index (χ2n) is 6.78. The van der Waals surface area contributed by atoms with Gasteiger partial charge in [-0.3, -0.25) is 5.01 Å². The Hall–Kier alpha value is -2.36. The average Bonchev–Trinajstić information content (AvgIpc) is 2.69. The fourth-order valence-electron chi connectivity index (χ4n) is 3.52. The fourth-order valence-corrected chi connectivity index (χ4v) is 3.72. The normalized spacial score (nSPS) is 15.8. The lowest BCUT2D eigenvalue weighted by molar-refractivity contribution is -0.918. The minimum Gasteiger partial charge on any atom is -0.328 e. The summed E-state index contributed by atoms with van der Waals surface area (Å²) in [5, 5.41) is 10.3. The van der Waals surface area contributed by atoms with Crippen LogP contribution in [0.25, 0.3) is 10.8 Å². The summed E-state index contributed by atoms with van der Waals surface area (Å²) in [5.41, 5.74) is 2.41. The van der Waals surface area contributed by atoms with Crippen LogP contribution in [0.2, 0.25) is 5.02 Å². The zero-order valence-electron chi connectivity index (χ0n) is 14.7. The van der Waals surface area contributed by atoms with Crippen molar-refractivity contribution in [3.8, 4) is 0 Å². The number of rotatable bonds is 4. The quantitative estimate of drug-likeness (QED) is 0.705. The number of halogens is 1. The van der Waals surface area contributed by atoms with Crippen LogP contribution >= 0.6 is 11.6 Å². The first kappa shape index (κ1) is 17.1. The largest absolute Gasteiger partial charge is 0.328 e. The second kappa shape index (κ2) is 7.90. The van der Waals surface area contributed by atoms with Crippen molar-refractivity contribution in [2.45, 2.75) is 6.54 Å². The summed E-state index contributed by atoms with van der Waals surface area (Å²) in [6.07, 6.45) is 2.00. The lowest BCUT2D eigenvalue weighted by Crippen LogP contribution is -3.13. The van der Waals surface area contributed by atoms with Crippen molar-refractivity contribution >= 4 is 28.6 Å². The Labute approximate surface area is 159 Å². The third-order valence-corrected chi connectivity index (χ3v) is 5.40. The smallest absolute Gasteiger partial charge is 0.104 e. The molecule has 4 rings (SSSR count). The van der Waals surface area contributed by atoms with Gasteiger partial charge in [0.15, 0.2) is 0 Å². The summed E-state index contributed by atoms with van der Waals surface area (Å²) < 4.78 is 0. The highest BCUT2D eigenvalue weighted by Gasteiger charge is 2.19. The molecule has 1 N–H and O–H groups in total. The summed E-state index contributed by atoms with van der Waals surface area (Å²) >= 11 is 6.29. The van der Waals surface area contributed by atoms with Crippen molar-refractivity contribution in [2.75, 3.05) is 26.2 Å². The topological polar surface area (TPSA) is 20.0 Å². The van der Waals surface area contributed by atoms with Crippen LogP contribution in [-0.2, 0) is 6.54 Å². The summed E-state index contributed by atoms with van der Waals surface area (Å²) in [5.74, 6) is 0. The maximum atomic E-state index is 6.29. The molecule has 1 heterocycles. The van der Waals surface area contributed by atoms with E-state index in [0.29, 0.717) is 0 Å². The molecule has 132 valence electrons. The molecule has 0 aromatic heterocycles. The van der Waals surface area contributed by atoms with Crippen molar-refractivity contribution in [1.82, 2.24) is 5.01 Å². The van der Waals surface area contributed by atoms with E-state index >= 15 is 0 Å². The van der Waals surface area contributed by atoms with Crippen molar-refractivity contribution in [1.29, 1.82) is 0 Å². The van der Waals surface area contributed by atoms with Crippen LogP contribution in [-0.4, -0.2) is 37.4 Å². The zero-order valence-corrected chi connectivity index (χ0v) is 15.5. The van der Waals surface area contributed by atoms with Gasteiger partial charge in [-0.25, -0.2) is 0 Å². The van der Waals surface area contributed by atoms with E-state index in [1.165, 1.54) is 21.9 Å². The van der Waals surface area contributed by atoms with Crippen LogP contribution in [0.5, 0.6) is 0 Å². The first-order valence-electron chi connectivity index (χ1n) is 9.13. The van der Waals surface area contributed by atoms with Gasteiger partial charge in [-0.15, -0.1) is 0 Å². The molecule has 3 aromatic carbocycles. The Balaban J connectivity index is 1.38. The maximum absolute atomic E-state index is 6.29. The molecule has 0 radical (unpaired) electrons. The summed E-state index contributed by atoms with van der Waals surface area (Å²) in [4.78, 5) is 1.56. The number of nitrogens with zero attached hydrogens (tertiary/aromatic N) is 2. The molecule has 1 saturated heterocycles. The molecule has 1 fully saturated rings. The van der Waals surface area contributed by atoms with Gasteiger partial charge < -0.3 is 4.90 Å². The van der Waals surface area contributed by atoms with E-state index in [1.54, 1.807) is 4.90 Å².